The number of anilines is 1. The van der Waals surface area contributed by atoms with Crippen LogP contribution in [0.4, 0.5) is 10.5 Å². The predicted octanol–water partition coefficient (Wildman–Crippen LogP) is 2.41. The van der Waals surface area contributed by atoms with Crippen molar-refractivity contribution in [2.75, 3.05) is 5.32 Å². The Morgan fingerprint density at radius 2 is 1.95 bits per heavy atom. The van der Waals surface area contributed by atoms with Gasteiger partial charge in [-0.1, -0.05) is 38.0 Å². The van der Waals surface area contributed by atoms with Gasteiger partial charge >= 0.3 is 6.03 Å². The second kappa shape index (κ2) is 7.11. The molecule has 1 aromatic carbocycles. The molecule has 1 aromatic rings. The quantitative estimate of drug-likeness (QED) is 0.795. The van der Waals surface area contributed by atoms with Gasteiger partial charge in [-0.05, 0) is 30.4 Å². The highest BCUT2D eigenvalue weighted by Crippen LogP contribution is 2.24. The molecule has 0 radical (unpaired) electrons. The van der Waals surface area contributed by atoms with E-state index in [0.29, 0.717) is 11.6 Å². The summed E-state index contributed by atoms with van der Waals surface area (Å²) in [6, 6.07) is 7.23. The summed E-state index contributed by atoms with van der Waals surface area (Å²) in [4.78, 5) is 23.2. The van der Waals surface area contributed by atoms with Gasteiger partial charge in [0.25, 0.3) is 0 Å². The van der Waals surface area contributed by atoms with E-state index < -0.39 is 5.91 Å². The normalized spacial score (nSPS) is 21.6. The van der Waals surface area contributed by atoms with Crippen molar-refractivity contribution < 1.29 is 9.59 Å². The van der Waals surface area contributed by atoms with Crippen LogP contribution in [0.3, 0.4) is 0 Å². The van der Waals surface area contributed by atoms with Crippen molar-refractivity contribution >= 4 is 17.6 Å². The van der Waals surface area contributed by atoms with Crippen LogP contribution in [0.2, 0.25) is 0 Å². The third-order valence-electron chi connectivity index (χ3n) is 4.06. The summed E-state index contributed by atoms with van der Waals surface area (Å²) in [6.45, 7) is 2.17. The Morgan fingerprint density at radius 3 is 2.67 bits per heavy atom. The van der Waals surface area contributed by atoms with Gasteiger partial charge in [0.2, 0.25) is 5.91 Å². The van der Waals surface area contributed by atoms with Gasteiger partial charge in [0.05, 0.1) is 6.42 Å². The topological polar surface area (TPSA) is 84.2 Å². The highest BCUT2D eigenvalue weighted by Gasteiger charge is 2.22. The van der Waals surface area contributed by atoms with Crippen molar-refractivity contribution in [3.63, 3.8) is 0 Å². The lowest BCUT2D eigenvalue weighted by Gasteiger charge is -2.29. The first-order valence-corrected chi connectivity index (χ1v) is 7.50. The van der Waals surface area contributed by atoms with Crippen LogP contribution in [0.5, 0.6) is 0 Å². The second-order valence-electron chi connectivity index (χ2n) is 5.77. The average molecular weight is 289 g/mol. The number of benzene rings is 1. The number of nitrogens with two attached hydrogens (primary N) is 1. The molecule has 5 heteroatoms. The third-order valence-corrected chi connectivity index (χ3v) is 4.06. The van der Waals surface area contributed by atoms with Crippen LogP contribution >= 0.6 is 0 Å². The Morgan fingerprint density at radius 1 is 1.24 bits per heavy atom. The lowest BCUT2D eigenvalue weighted by molar-refractivity contribution is -0.117. The Hall–Kier alpha value is -2.04. The predicted molar refractivity (Wildman–Crippen MR) is 82.9 cm³/mol. The second-order valence-corrected chi connectivity index (χ2v) is 5.77. The number of hydrogen-bond acceptors (Lipinski definition) is 2. The first-order valence-electron chi connectivity index (χ1n) is 7.50. The van der Waals surface area contributed by atoms with E-state index in [1.807, 2.05) is 12.1 Å². The summed E-state index contributed by atoms with van der Waals surface area (Å²) >= 11 is 0. The molecule has 0 spiro atoms. The van der Waals surface area contributed by atoms with Crippen molar-refractivity contribution in [1.82, 2.24) is 5.32 Å². The molecule has 0 aliphatic heterocycles. The molecule has 0 bridgehead atoms. The lowest BCUT2D eigenvalue weighted by Crippen LogP contribution is -2.43. The minimum absolute atomic E-state index is 0.121. The van der Waals surface area contributed by atoms with E-state index in [1.165, 1.54) is 6.42 Å². The van der Waals surface area contributed by atoms with Gasteiger partial charge < -0.3 is 16.4 Å². The van der Waals surface area contributed by atoms with Gasteiger partial charge in [-0.3, -0.25) is 4.79 Å². The molecule has 2 atom stereocenters. The van der Waals surface area contributed by atoms with Crippen molar-refractivity contribution in [2.24, 2.45) is 11.7 Å². The molecule has 5 nitrogen and oxygen atoms in total. The van der Waals surface area contributed by atoms with Gasteiger partial charge in [-0.2, -0.15) is 0 Å². The molecule has 1 aliphatic carbocycles. The summed E-state index contributed by atoms with van der Waals surface area (Å²) in [7, 11) is 0. The zero-order valence-corrected chi connectivity index (χ0v) is 12.4. The largest absolute Gasteiger partial charge is 0.369 e. The smallest absolute Gasteiger partial charge is 0.319 e. The first kappa shape index (κ1) is 15.4. The molecule has 2 rings (SSSR count). The zero-order valence-electron chi connectivity index (χ0n) is 12.4. The van der Waals surface area contributed by atoms with Gasteiger partial charge in [-0.15, -0.1) is 0 Å². The molecule has 114 valence electrons. The van der Waals surface area contributed by atoms with E-state index in [1.54, 1.807) is 12.1 Å². The number of primary amides is 1. The fraction of sp³-hybridized carbons (Fsp3) is 0.500. The van der Waals surface area contributed by atoms with Crippen molar-refractivity contribution in [3.05, 3.63) is 29.8 Å². The number of rotatable bonds is 4. The maximum atomic E-state index is 12.1. The number of carbonyl (C=O) groups excluding carboxylic acids is 2. The van der Waals surface area contributed by atoms with Crippen molar-refractivity contribution in [2.45, 2.75) is 45.1 Å². The third kappa shape index (κ3) is 4.48. The maximum absolute atomic E-state index is 12.1. The first-order chi connectivity index (χ1) is 10.1. The van der Waals surface area contributed by atoms with E-state index in [4.69, 9.17) is 5.73 Å². The van der Waals surface area contributed by atoms with Crippen LogP contribution in [0.25, 0.3) is 0 Å². The van der Waals surface area contributed by atoms with Gasteiger partial charge in [0, 0.05) is 11.7 Å². The highest BCUT2D eigenvalue weighted by molar-refractivity contribution is 5.91. The van der Waals surface area contributed by atoms with Crippen molar-refractivity contribution in [3.8, 4) is 0 Å². The molecule has 0 heterocycles. The molecule has 0 saturated heterocycles. The van der Waals surface area contributed by atoms with Crippen LogP contribution in [0, 0.1) is 5.92 Å². The molecule has 1 saturated carbocycles. The number of nitrogens with one attached hydrogen (secondary N) is 2. The minimum atomic E-state index is -0.412. The van der Waals surface area contributed by atoms with Crippen LogP contribution in [-0.4, -0.2) is 18.0 Å². The summed E-state index contributed by atoms with van der Waals surface area (Å²) in [5.74, 6) is 0.0934. The van der Waals surface area contributed by atoms with Gasteiger partial charge in [0.15, 0.2) is 0 Å². The van der Waals surface area contributed by atoms with E-state index in [9.17, 15) is 9.59 Å². The average Bonchev–Trinajstić information content (AvgIpc) is 2.43. The van der Waals surface area contributed by atoms with Crippen LogP contribution in [-0.2, 0) is 11.2 Å². The molecular formula is C16H23N3O2. The van der Waals surface area contributed by atoms with Crippen LogP contribution < -0.4 is 16.4 Å². The summed E-state index contributed by atoms with van der Waals surface area (Å²) < 4.78 is 0. The maximum Gasteiger partial charge on any atom is 0.319 e. The number of urea groups is 1. The summed E-state index contributed by atoms with van der Waals surface area (Å²) in [6.07, 6.45) is 4.70. The number of hydrogen-bond donors (Lipinski definition) is 3. The summed E-state index contributed by atoms with van der Waals surface area (Å²) in [5.41, 5.74) is 6.59. The monoisotopic (exact) mass is 289 g/mol. The minimum Gasteiger partial charge on any atom is -0.369 e. The number of para-hydroxylation sites is 1. The highest BCUT2D eigenvalue weighted by atomic mass is 16.2. The van der Waals surface area contributed by atoms with Crippen LogP contribution in [0.1, 0.15) is 38.2 Å². The molecule has 21 heavy (non-hydrogen) atoms. The standard InChI is InChI=1S/C16H23N3O2/c1-11-6-2-4-8-13(11)18-16(21)19-14-9-5-3-7-12(14)10-15(17)20/h3,5,7,9,11,13H,2,4,6,8,10H2,1H3,(H2,17,20)(H2,18,19,21)/t11-,13+/m0/s1. The molecular weight excluding hydrogens is 266 g/mol. The molecule has 0 unspecified atom stereocenters. The van der Waals surface area contributed by atoms with E-state index in [0.717, 1.165) is 24.8 Å². The summed E-state index contributed by atoms with van der Waals surface area (Å²) in [5, 5.41) is 5.86. The number of carbonyl (C=O) groups is 2. The fourth-order valence-corrected chi connectivity index (χ4v) is 2.84. The SMILES string of the molecule is C[C@H]1CCCC[C@H]1NC(=O)Nc1ccccc1CC(N)=O. The Bertz CT molecular complexity index is 516. The Kier molecular flexibility index (Phi) is 5.20. The van der Waals surface area contributed by atoms with Crippen molar-refractivity contribution in [1.29, 1.82) is 0 Å². The van der Waals surface area contributed by atoms with Gasteiger partial charge in [0.1, 0.15) is 0 Å². The van der Waals surface area contributed by atoms with E-state index >= 15 is 0 Å². The lowest BCUT2D eigenvalue weighted by atomic mass is 9.86. The van der Waals surface area contributed by atoms with E-state index in [2.05, 4.69) is 17.6 Å². The molecule has 3 amide bonds. The van der Waals surface area contributed by atoms with Crippen LogP contribution in [0.15, 0.2) is 24.3 Å². The Balaban J connectivity index is 1.97. The molecule has 4 N–H and O–H groups in total. The van der Waals surface area contributed by atoms with Gasteiger partial charge in [-0.25, -0.2) is 4.79 Å². The molecule has 1 aliphatic rings. The number of amides is 3. The fourth-order valence-electron chi connectivity index (χ4n) is 2.84. The zero-order chi connectivity index (χ0) is 15.2. The Labute approximate surface area is 125 Å². The molecule has 0 aromatic heterocycles. The van der Waals surface area contributed by atoms with E-state index in [-0.39, 0.29) is 18.5 Å². The molecule has 1 fully saturated rings.